The van der Waals surface area contributed by atoms with E-state index >= 15 is 0 Å². The average molecular weight is 393 g/mol. The molecule has 0 radical (unpaired) electrons. The van der Waals surface area contributed by atoms with E-state index in [-0.39, 0.29) is 0 Å². The van der Waals surface area contributed by atoms with Gasteiger partial charge < -0.3 is 10.6 Å². The standard InChI is InChI=1S/C20H26F2N4S/c1-23-20(24-9-5-16-3-2-4-18(21)19(16)22)25-17-6-10-26(11-7-17)13-15-8-12-27-14-15/h2-4,8,12,14,17H,5-7,9-11,13H2,1H3,(H2,23,24,25). The first-order valence-electron chi connectivity index (χ1n) is 9.29. The first-order chi connectivity index (χ1) is 13.2. The fourth-order valence-electron chi connectivity index (χ4n) is 3.32. The molecule has 146 valence electrons. The molecule has 2 N–H and O–H groups in total. The summed E-state index contributed by atoms with van der Waals surface area (Å²) in [6, 6.07) is 6.84. The lowest BCUT2D eigenvalue weighted by molar-refractivity contribution is 0.198. The Bertz CT molecular complexity index is 740. The van der Waals surface area contributed by atoms with Crippen molar-refractivity contribution in [1.82, 2.24) is 15.5 Å². The molecule has 1 aromatic carbocycles. The highest BCUT2D eigenvalue weighted by Gasteiger charge is 2.20. The number of hydrogen-bond acceptors (Lipinski definition) is 3. The van der Waals surface area contributed by atoms with Crippen molar-refractivity contribution in [2.45, 2.75) is 31.8 Å². The minimum atomic E-state index is -0.802. The Balaban J connectivity index is 1.40. The predicted molar refractivity (Wildman–Crippen MR) is 107 cm³/mol. The summed E-state index contributed by atoms with van der Waals surface area (Å²) in [4.78, 5) is 6.72. The summed E-state index contributed by atoms with van der Waals surface area (Å²) in [7, 11) is 1.73. The predicted octanol–water partition coefficient (Wildman–Crippen LogP) is 3.40. The number of rotatable bonds is 6. The highest BCUT2D eigenvalue weighted by atomic mass is 32.1. The number of benzene rings is 1. The summed E-state index contributed by atoms with van der Waals surface area (Å²) < 4.78 is 27.0. The molecule has 0 amide bonds. The molecule has 0 saturated carbocycles. The monoisotopic (exact) mass is 392 g/mol. The fraction of sp³-hybridized carbons (Fsp3) is 0.450. The van der Waals surface area contributed by atoms with Gasteiger partial charge in [0.05, 0.1) is 0 Å². The number of thiophene rings is 1. The van der Waals surface area contributed by atoms with Gasteiger partial charge in [-0.15, -0.1) is 0 Å². The van der Waals surface area contributed by atoms with Gasteiger partial charge in [-0.2, -0.15) is 11.3 Å². The van der Waals surface area contributed by atoms with Crippen molar-refractivity contribution in [1.29, 1.82) is 0 Å². The molecular formula is C20H26F2N4S. The molecule has 1 aliphatic heterocycles. The van der Waals surface area contributed by atoms with Crippen molar-refractivity contribution in [2.75, 3.05) is 26.7 Å². The van der Waals surface area contributed by atoms with Gasteiger partial charge in [-0.3, -0.25) is 9.89 Å². The Hall–Kier alpha value is -1.99. The van der Waals surface area contributed by atoms with E-state index in [1.165, 1.54) is 11.6 Å². The van der Waals surface area contributed by atoms with Crippen molar-refractivity contribution in [3.05, 3.63) is 57.8 Å². The zero-order valence-electron chi connectivity index (χ0n) is 15.5. The van der Waals surface area contributed by atoms with Crippen LogP contribution in [0.2, 0.25) is 0 Å². The molecule has 1 aromatic heterocycles. The van der Waals surface area contributed by atoms with Crippen LogP contribution in [0.1, 0.15) is 24.0 Å². The van der Waals surface area contributed by atoms with Gasteiger partial charge >= 0.3 is 0 Å². The highest BCUT2D eigenvalue weighted by molar-refractivity contribution is 7.07. The lowest BCUT2D eigenvalue weighted by Crippen LogP contribution is -2.48. The molecule has 0 spiro atoms. The Labute approximate surface area is 163 Å². The van der Waals surface area contributed by atoms with Crippen molar-refractivity contribution in [3.8, 4) is 0 Å². The Morgan fingerprint density at radius 3 is 2.78 bits per heavy atom. The van der Waals surface area contributed by atoms with Crippen LogP contribution in [0.25, 0.3) is 0 Å². The van der Waals surface area contributed by atoms with E-state index in [9.17, 15) is 8.78 Å². The normalized spacial score (nSPS) is 16.5. The number of nitrogens with one attached hydrogen (secondary N) is 2. The Morgan fingerprint density at radius 1 is 1.26 bits per heavy atom. The van der Waals surface area contributed by atoms with Crippen LogP contribution in [0.15, 0.2) is 40.0 Å². The number of piperidine rings is 1. The van der Waals surface area contributed by atoms with Crippen molar-refractivity contribution < 1.29 is 8.78 Å². The van der Waals surface area contributed by atoms with Crippen LogP contribution in [0, 0.1) is 11.6 Å². The highest BCUT2D eigenvalue weighted by Crippen LogP contribution is 2.15. The second kappa shape index (κ2) is 9.80. The molecular weight excluding hydrogens is 366 g/mol. The van der Waals surface area contributed by atoms with Crippen LogP contribution in [0.4, 0.5) is 8.78 Å². The number of hydrogen-bond donors (Lipinski definition) is 2. The van der Waals surface area contributed by atoms with E-state index in [1.54, 1.807) is 24.5 Å². The molecule has 4 nitrogen and oxygen atoms in total. The second-order valence-electron chi connectivity index (χ2n) is 6.79. The molecule has 1 aliphatic rings. The van der Waals surface area contributed by atoms with Crippen LogP contribution in [0.3, 0.4) is 0 Å². The van der Waals surface area contributed by atoms with Crippen molar-refractivity contribution in [2.24, 2.45) is 4.99 Å². The zero-order valence-corrected chi connectivity index (χ0v) is 16.4. The summed E-state index contributed by atoms with van der Waals surface area (Å²) in [5, 5.41) is 11.0. The van der Waals surface area contributed by atoms with E-state index in [0.29, 0.717) is 30.5 Å². The second-order valence-corrected chi connectivity index (χ2v) is 7.57. The maximum atomic E-state index is 13.7. The molecule has 0 unspecified atom stereocenters. The molecule has 0 atom stereocenters. The number of aliphatic imine (C=N–C) groups is 1. The van der Waals surface area contributed by atoms with Crippen LogP contribution in [-0.2, 0) is 13.0 Å². The smallest absolute Gasteiger partial charge is 0.191 e. The molecule has 3 rings (SSSR count). The summed E-state index contributed by atoms with van der Waals surface area (Å²) >= 11 is 1.74. The van der Waals surface area contributed by atoms with E-state index in [2.05, 4.69) is 37.4 Å². The SMILES string of the molecule is CN=C(NCCc1cccc(F)c1F)NC1CCN(Cc2ccsc2)CC1. The third-order valence-electron chi connectivity index (χ3n) is 4.86. The minimum Gasteiger partial charge on any atom is -0.356 e. The van der Waals surface area contributed by atoms with Gasteiger partial charge in [0, 0.05) is 39.3 Å². The average Bonchev–Trinajstić information content (AvgIpc) is 3.19. The van der Waals surface area contributed by atoms with Crippen LogP contribution < -0.4 is 10.6 Å². The van der Waals surface area contributed by atoms with Crippen LogP contribution >= 0.6 is 11.3 Å². The fourth-order valence-corrected chi connectivity index (χ4v) is 3.98. The maximum Gasteiger partial charge on any atom is 0.191 e. The number of nitrogens with zero attached hydrogens (tertiary/aromatic N) is 2. The third kappa shape index (κ3) is 5.74. The van der Waals surface area contributed by atoms with Gasteiger partial charge in [-0.25, -0.2) is 8.78 Å². The molecule has 27 heavy (non-hydrogen) atoms. The number of halogens is 2. The Kier molecular flexibility index (Phi) is 7.18. The number of likely N-dealkylation sites (tertiary alicyclic amines) is 1. The molecule has 1 fully saturated rings. The lowest BCUT2D eigenvalue weighted by Gasteiger charge is -2.33. The number of guanidine groups is 1. The Morgan fingerprint density at radius 2 is 2.07 bits per heavy atom. The first kappa shape index (κ1) is 19.8. The van der Waals surface area contributed by atoms with E-state index in [1.807, 2.05) is 0 Å². The van der Waals surface area contributed by atoms with Gasteiger partial charge in [0.1, 0.15) is 0 Å². The topological polar surface area (TPSA) is 39.7 Å². The quantitative estimate of drug-likeness (QED) is 0.585. The largest absolute Gasteiger partial charge is 0.356 e. The summed E-state index contributed by atoms with van der Waals surface area (Å²) in [5.74, 6) is -0.854. The first-order valence-corrected chi connectivity index (χ1v) is 10.2. The lowest BCUT2D eigenvalue weighted by atomic mass is 10.0. The summed E-state index contributed by atoms with van der Waals surface area (Å²) in [5.41, 5.74) is 1.76. The van der Waals surface area contributed by atoms with Gasteiger partial charge in [0.25, 0.3) is 0 Å². The molecule has 7 heteroatoms. The van der Waals surface area contributed by atoms with Crippen molar-refractivity contribution >= 4 is 17.3 Å². The maximum absolute atomic E-state index is 13.7. The third-order valence-corrected chi connectivity index (χ3v) is 5.59. The van der Waals surface area contributed by atoms with Gasteiger partial charge in [0.15, 0.2) is 17.6 Å². The van der Waals surface area contributed by atoms with E-state index < -0.39 is 11.6 Å². The summed E-state index contributed by atoms with van der Waals surface area (Å²) in [6.45, 7) is 3.62. The van der Waals surface area contributed by atoms with E-state index in [4.69, 9.17) is 0 Å². The molecule has 1 saturated heterocycles. The zero-order chi connectivity index (χ0) is 19.1. The van der Waals surface area contributed by atoms with E-state index in [0.717, 1.165) is 38.5 Å². The summed E-state index contributed by atoms with van der Waals surface area (Å²) in [6.07, 6.45) is 2.52. The van der Waals surface area contributed by atoms with Gasteiger partial charge in [-0.1, -0.05) is 12.1 Å². The van der Waals surface area contributed by atoms with Crippen LogP contribution in [0.5, 0.6) is 0 Å². The molecule has 0 aliphatic carbocycles. The van der Waals surface area contributed by atoms with Gasteiger partial charge in [0.2, 0.25) is 0 Å². The minimum absolute atomic E-state index is 0.375. The van der Waals surface area contributed by atoms with Gasteiger partial charge in [-0.05, 0) is 53.3 Å². The van der Waals surface area contributed by atoms with Crippen molar-refractivity contribution in [3.63, 3.8) is 0 Å². The molecule has 2 aromatic rings. The molecule has 0 bridgehead atoms. The van der Waals surface area contributed by atoms with Crippen LogP contribution in [-0.4, -0.2) is 43.6 Å². The molecule has 2 heterocycles.